The highest BCUT2D eigenvalue weighted by Gasteiger charge is 2.07. The number of nitrogens with one attached hydrogen (secondary N) is 1. The Labute approximate surface area is 116 Å². The molecule has 0 aliphatic carbocycles. The van der Waals surface area contributed by atoms with E-state index in [0.717, 1.165) is 11.1 Å². The molecule has 0 unspecified atom stereocenters. The summed E-state index contributed by atoms with van der Waals surface area (Å²) in [7, 11) is 0. The predicted octanol–water partition coefficient (Wildman–Crippen LogP) is 2.56. The van der Waals surface area contributed by atoms with Crippen LogP contribution in [0.2, 0.25) is 0 Å². The monoisotopic (exact) mass is 327 g/mol. The van der Waals surface area contributed by atoms with E-state index in [1.807, 2.05) is 0 Å². The number of alkyl halides is 1. The highest BCUT2D eigenvalue weighted by atomic mass is 79.9. The SMILES string of the molecule is O=C(Nc1nncs1)c1ccc(OCCBr)cc1. The normalized spacial score (nSPS) is 10.1. The maximum atomic E-state index is 11.8. The van der Waals surface area contributed by atoms with Gasteiger partial charge in [0.1, 0.15) is 11.3 Å². The Morgan fingerprint density at radius 2 is 2.17 bits per heavy atom. The lowest BCUT2D eigenvalue weighted by Gasteiger charge is -2.05. The number of ether oxygens (including phenoxy) is 1. The van der Waals surface area contributed by atoms with E-state index in [-0.39, 0.29) is 5.91 Å². The Balaban J connectivity index is 1.98. The van der Waals surface area contributed by atoms with Gasteiger partial charge in [0.25, 0.3) is 5.91 Å². The minimum atomic E-state index is -0.209. The van der Waals surface area contributed by atoms with E-state index in [4.69, 9.17) is 4.74 Å². The highest BCUT2D eigenvalue weighted by molar-refractivity contribution is 9.09. The van der Waals surface area contributed by atoms with Crippen LogP contribution in [0.25, 0.3) is 0 Å². The summed E-state index contributed by atoms with van der Waals surface area (Å²) in [4.78, 5) is 11.8. The van der Waals surface area contributed by atoms with Crippen LogP contribution in [0.5, 0.6) is 5.75 Å². The van der Waals surface area contributed by atoms with Gasteiger partial charge in [0.15, 0.2) is 0 Å². The van der Waals surface area contributed by atoms with E-state index in [1.165, 1.54) is 11.3 Å². The fraction of sp³-hybridized carbons (Fsp3) is 0.182. The molecule has 0 aliphatic heterocycles. The maximum absolute atomic E-state index is 11.8. The topological polar surface area (TPSA) is 64.1 Å². The van der Waals surface area contributed by atoms with Gasteiger partial charge in [0.2, 0.25) is 5.13 Å². The summed E-state index contributed by atoms with van der Waals surface area (Å²) in [5.74, 6) is 0.528. The summed E-state index contributed by atoms with van der Waals surface area (Å²) in [5.41, 5.74) is 2.11. The second-order valence-corrected chi connectivity index (χ2v) is 4.89. The Morgan fingerprint density at radius 3 is 2.78 bits per heavy atom. The van der Waals surface area contributed by atoms with Gasteiger partial charge in [-0.15, -0.1) is 10.2 Å². The van der Waals surface area contributed by atoms with E-state index in [9.17, 15) is 4.79 Å². The molecule has 2 rings (SSSR count). The van der Waals surface area contributed by atoms with Crippen molar-refractivity contribution < 1.29 is 9.53 Å². The van der Waals surface area contributed by atoms with Crippen LogP contribution in [0.1, 0.15) is 10.4 Å². The Hall–Kier alpha value is -1.47. The molecule has 0 fully saturated rings. The van der Waals surface area contributed by atoms with Crippen LogP contribution in [-0.4, -0.2) is 28.0 Å². The zero-order valence-corrected chi connectivity index (χ0v) is 11.7. The number of carbonyl (C=O) groups is 1. The van der Waals surface area contributed by atoms with Crippen LogP contribution in [-0.2, 0) is 0 Å². The van der Waals surface area contributed by atoms with Gasteiger partial charge in [-0.05, 0) is 24.3 Å². The summed E-state index contributed by atoms with van der Waals surface area (Å²) < 4.78 is 5.40. The number of amides is 1. The number of aromatic nitrogens is 2. The molecule has 94 valence electrons. The highest BCUT2D eigenvalue weighted by Crippen LogP contribution is 2.14. The van der Waals surface area contributed by atoms with E-state index >= 15 is 0 Å². The first-order valence-electron chi connectivity index (χ1n) is 5.16. The van der Waals surface area contributed by atoms with E-state index in [2.05, 4.69) is 31.4 Å². The molecule has 0 saturated carbocycles. The van der Waals surface area contributed by atoms with Crippen LogP contribution in [0.4, 0.5) is 5.13 Å². The van der Waals surface area contributed by atoms with Gasteiger partial charge in [-0.1, -0.05) is 27.3 Å². The van der Waals surface area contributed by atoms with Crippen LogP contribution < -0.4 is 10.1 Å². The van der Waals surface area contributed by atoms with E-state index < -0.39 is 0 Å². The molecular formula is C11H10BrN3O2S. The largest absolute Gasteiger partial charge is 0.493 e. The molecule has 1 amide bonds. The number of hydrogen-bond acceptors (Lipinski definition) is 5. The molecular weight excluding hydrogens is 318 g/mol. The smallest absolute Gasteiger partial charge is 0.257 e. The van der Waals surface area contributed by atoms with Crippen molar-refractivity contribution in [3.8, 4) is 5.75 Å². The third kappa shape index (κ3) is 3.51. The summed E-state index contributed by atoms with van der Waals surface area (Å²) >= 11 is 4.55. The van der Waals surface area contributed by atoms with Crippen molar-refractivity contribution in [2.24, 2.45) is 0 Å². The molecule has 1 N–H and O–H groups in total. The summed E-state index contributed by atoms with van der Waals surface area (Å²) in [6.45, 7) is 0.594. The van der Waals surface area contributed by atoms with Gasteiger partial charge in [-0.3, -0.25) is 10.1 Å². The van der Waals surface area contributed by atoms with Crippen LogP contribution in [0, 0.1) is 0 Å². The summed E-state index contributed by atoms with van der Waals surface area (Å²) in [6, 6.07) is 6.94. The quantitative estimate of drug-likeness (QED) is 0.857. The van der Waals surface area contributed by atoms with Crippen molar-refractivity contribution in [1.82, 2.24) is 10.2 Å². The first-order valence-corrected chi connectivity index (χ1v) is 7.16. The van der Waals surface area contributed by atoms with Gasteiger partial charge in [0, 0.05) is 10.9 Å². The van der Waals surface area contributed by atoms with Gasteiger partial charge in [-0.25, -0.2) is 0 Å². The van der Waals surface area contributed by atoms with Crippen LogP contribution >= 0.6 is 27.3 Å². The molecule has 0 saturated heterocycles. The van der Waals surface area contributed by atoms with Crippen molar-refractivity contribution in [3.05, 3.63) is 35.3 Å². The predicted molar refractivity (Wildman–Crippen MR) is 73.6 cm³/mol. The first kappa shape index (κ1) is 13.0. The lowest BCUT2D eigenvalue weighted by Crippen LogP contribution is -2.11. The third-order valence-corrected chi connectivity index (χ3v) is 2.97. The van der Waals surface area contributed by atoms with Crippen molar-refractivity contribution >= 4 is 38.3 Å². The van der Waals surface area contributed by atoms with Gasteiger partial charge in [0.05, 0.1) is 6.61 Å². The summed E-state index contributed by atoms with van der Waals surface area (Å²) in [5, 5.41) is 11.3. The Morgan fingerprint density at radius 1 is 1.39 bits per heavy atom. The van der Waals surface area contributed by atoms with E-state index in [1.54, 1.807) is 29.8 Å². The molecule has 18 heavy (non-hydrogen) atoms. The standard InChI is InChI=1S/C11H10BrN3O2S/c12-5-6-17-9-3-1-8(2-4-9)10(16)14-11-15-13-7-18-11/h1-4,7H,5-6H2,(H,14,15,16). The van der Waals surface area contributed by atoms with Crippen LogP contribution in [0.15, 0.2) is 29.8 Å². The number of benzene rings is 1. The number of anilines is 1. The molecule has 1 aromatic heterocycles. The average molecular weight is 328 g/mol. The van der Waals surface area contributed by atoms with Gasteiger partial charge in [-0.2, -0.15) is 0 Å². The zero-order valence-electron chi connectivity index (χ0n) is 9.30. The van der Waals surface area contributed by atoms with Crippen molar-refractivity contribution in [3.63, 3.8) is 0 Å². The third-order valence-electron chi connectivity index (χ3n) is 2.04. The molecule has 1 aromatic carbocycles. The van der Waals surface area contributed by atoms with Crippen LogP contribution in [0.3, 0.4) is 0 Å². The Kier molecular flexibility index (Phi) is 4.66. The fourth-order valence-electron chi connectivity index (χ4n) is 1.26. The second kappa shape index (κ2) is 6.46. The minimum absolute atomic E-state index is 0.209. The van der Waals surface area contributed by atoms with Gasteiger partial charge >= 0.3 is 0 Å². The van der Waals surface area contributed by atoms with Crippen molar-refractivity contribution in [1.29, 1.82) is 0 Å². The number of rotatable bonds is 5. The number of carbonyl (C=O) groups excluding carboxylic acids is 1. The van der Waals surface area contributed by atoms with E-state index in [0.29, 0.717) is 17.3 Å². The second-order valence-electron chi connectivity index (χ2n) is 3.26. The molecule has 0 radical (unpaired) electrons. The number of nitrogens with zero attached hydrogens (tertiary/aromatic N) is 2. The molecule has 2 aromatic rings. The molecule has 5 nitrogen and oxygen atoms in total. The molecule has 1 heterocycles. The van der Waals surface area contributed by atoms with Crippen molar-refractivity contribution in [2.45, 2.75) is 0 Å². The minimum Gasteiger partial charge on any atom is -0.493 e. The molecule has 0 aliphatic rings. The first-order chi connectivity index (χ1) is 8.79. The lowest BCUT2D eigenvalue weighted by atomic mass is 10.2. The number of halogens is 1. The maximum Gasteiger partial charge on any atom is 0.257 e. The van der Waals surface area contributed by atoms with Gasteiger partial charge < -0.3 is 4.74 Å². The molecule has 0 spiro atoms. The number of hydrogen-bond donors (Lipinski definition) is 1. The summed E-state index contributed by atoms with van der Waals surface area (Å²) in [6.07, 6.45) is 0. The molecule has 7 heteroatoms. The lowest BCUT2D eigenvalue weighted by molar-refractivity contribution is 0.102. The zero-order chi connectivity index (χ0) is 12.8. The molecule has 0 atom stereocenters. The molecule has 0 bridgehead atoms. The Bertz CT molecular complexity index is 502. The fourth-order valence-corrected chi connectivity index (χ4v) is 1.86. The van der Waals surface area contributed by atoms with Crippen molar-refractivity contribution in [2.75, 3.05) is 17.3 Å². The average Bonchev–Trinajstić information content (AvgIpc) is 2.89.